The average molecular weight is 627 g/mol. The highest BCUT2D eigenvalue weighted by molar-refractivity contribution is 5.69. The van der Waals surface area contributed by atoms with E-state index in [9.17, 15) is 4.79 Å². The van der Waals surface area contributed by atoms with Gasteiger partial charge in [-0.2, -0.15) is 0 Å². The first-order chi connectivity index (χ1) is 22.1. The summed E-state index contributed by atoms with van der Waals surface area (Å²) >= 11 is 0. The van der Waals surface area contributed by atoms with Gasteiger partial charge in [-0.1, -0.05) is 133 Å². The zero-order valence-electron chi connectivity index (χ0n) is 30.4. The third-order valence-corrected chi connectivity index (χ3v) is 12.9. The molecule has 0 aromatic rings. The molecule has 4 aliphatic carbocycles. The van der Waals surface area contributed by atoms with E-state index in [1.54, 1.807) is 5.57 Å². The molecular formula is C44H66O2. The van der Waals surface area contributed by atoms with Crippen molar-refractivity contribution >= 4 is 5.97 Å². The zero-order valence-corrected chi connectivity index (χ0v) is 30.4. The van der Waals surface area contributed by atoms with Gasteiger partial charge in [0.25, 0.3) is 0 Å². The van der Waals surface area contributed by atoms with E-state index in [1.807, 2.05) is 36.5 Å². The minimum Gasteiger partial charge on any atom is -0.462 e. The third kappa shape index (κ3) is 8.96. The van der Waals surface area contributed by atoms with Crippen LogP contribution in [0.3, 0.4) is 0 Å². The molecule has 0 spiro atoms. The van der Waals surface area contributed by atoms with Gasteiger partial charge < -0.3 is 4.74 Å². The first-order valence-corrected chi connectivity index (χ1v) is 19.0. The molecular weight excluding hydrogens is 560 g/mol. The Morgan fingerprint density at radius 3 is 2.26 bits per heavy atom. The lowest BCUT2D eigenvalue weighted by molar-refractivity contribution is -0.151. The summed E-state index contributed by atoms with van der Waals surface area (Å²) in [5.74, 6) is 5.31. The summed E-state index contributed by atoms with van der Waals surface area (Å²) < 4.78 is 6.06. The summed E-state index contributed by atoms with van der Waals surface area (Å²) in [4.78, 5) is 12.7. The predicted molar refractivity (Wildman–Crippen MR) is 197 cm³/mol. The maximum absolute atomic E-state index is 12.7. The monoisotopic (exact) mass is 627 g/mol. The Bertz CT molecular complexity index is 1190. The summed E-state index contributed by atoms with van der Waals surface area (Å²) in [6.07, 6.45) is 41.6. The highest BCUT2D eigenvalue weighted by Gasteiger charge is 2.59. The van der Waals surface area contributed by atoms with Crippen LogP contribution in [-0.4, -0.2) is 12.1 Å². The van der Waals surface area contributed by atoms with Gasteiger partial charge in [-0.15, -0.1) is 0 Å². The highest BCUT2D eigenvalue weighted by Crippen LogP contribution is 2.67. The molecule has 9 unspecified atom stereocenters. The maximum Gasteiger partial charge on any atom is 0.306 e. The molecule has 0 aromatic carbocycles. The van der Waals surface area contributed by atoms with E-state index in [-0.39, 0.29) is 12.1 Å². The van der Waals surface area contributed by atoms with Gasteiger partial charge in [0, 0.05) is 12.8 Å². The van der Waals surface area contributed by atoms with Crippen LogP contribution in [0, 0.1) is 52.3 Å². The fourth-order valence-electron chi connectivity index (χ4n) is 9.72. The molecule has 2 nitrogen and oxygen atoms in total. The Labute approximate surface area is 283 Å². The lowest BCUT2D eigenvalue weighted by Gasteiger charge is -2.58. The number of ether oxygens (including phenoxy) is 1. The molecule has 0 bridgehead atoms. The topological polar surface area (TPSA) is 26.3 Å². The largest absolute Gasteiger partial charge is 0.462 e. The van der Waals surface area contributed by atoms with Gasteiger partial charge in [-0.25, -0.2) is 0 Å². The number of hydrogen-bond donors (Lipinski definition) is 0. The number of carbonyl (C=O) groups excluding carboxylic acids is 1. The molecule has 0 N–H and O–H groups in total. The van der Waals surface area contributed by atoms with Crippen molar-refractivity contribution < 1.29 is 9.53 Å². The summed E-state index contributed by atoms with van der Waals surface area (Å²) in [7, 11) is 0. The van der Waals surface area contributed by atoms with Gasteiger partial charge in [0.05, 0.1) is 0 Å². The van der Waals surface area contributed by atoms with E-state index in [0.717, 1.165) is 55.8 Å². The number of unbranched alkanes of at least 4 members (excludes halogenated alkanes) is 1. The molecule has 0 aliphatic heterocycles. The third-order valence-electron chi connectivity index (χ3n) is 12.9. The Morgan fingerprint density at radius 1 is 0.870 bits per heavy atom. The van der Waals surface area contributed by atoms with Crippen LogP contribution in [0.25, 0.3) is 0 Å². The molecule has 0 aromatic heterocycles. The minimum absolute atomic E-state index is 0.0185. The van der Waals surface area contributed by atoms with E-state index >= 15 is 0 Å². The number of esters is 1. The molecule has 254 valence electrons. The second-order valence-corrected chi connectivity index (χ2v) is 16.0. The van der Waals surface area contributed by atoms with E-state index in [4.69, 9.17) is 4.74 Å². The smallest absolute Gasteiger partial charge is 0.306 e. The number of carbonyl (C=O) groups is 1. The van der Waals surface area contributed by atoms with Crippen LogP contribution in [0.15, 0.2) is 84.6 Å². The second kappa shape index (κ2) is 17.2. The fraction of sp³-hybridized carbons (Fsp3) is 0.659. The van der Waals surface area contributed by atoms with Crippen molar-refractivity contribution in [2.24, 2.45) is 52.3 Å². The van der Waals surface area contributed by atoms with Crippen LogP contribution >= 0.6 is 0 Å². The molecule has 0 saturated heterocycles. The molecule has 3 saturated carbocycles. The zero-order chi connectivity index (χ0) is 33.2. The number of fused-ring (bicyclic) bond motifs is 5. The summed E-state index contributed by atoms with van der Waals surface area (Å²) in [5, 5.41) is 0. The number of allylic oxidation sites excluding steroid dienone is 13. The molecule has 46 heavy (non-hydrogen) atoms. The quantitative estimate of drug-likeness (QED) is 0.0830. The van der Waals surface area contributed by atoms with Crippen LogP contribution in [0.2, 0.25) is 0 Å². The SMILES string of the molecule is CC/C=C/C=C/C=C\C=C/C=C/CCCC(=O)OC1CCC2(C)C(=CCC3C2CCC2(C)C(C(C)/C=C/C(C)C(C)C)CCC32)C1. The van der Waals surface area contributed by atoms with Crippen molar-refractivity contribution in [1.82, 2.24) is 0 Å². The summed E-state index contributed by atoms with van der Waals surface area (Å²) in [5.41, 5.74) is 2.37. The first kappa shape index (κ1) is 36.5. The van der Waals surface area contributed by atoms with Crippen LogP contribution in [0.1, 0.15) is 126 Å². The van der Waals surface area contributed by atoms with Crippen molar-refractivity contribution in [3.05, 3.63) is 84.6 Å². The van der Waals surface area contributed by atoms with E-state index in [0.29, 0.717) is 35.0 Å². The second-order valence-electron chi connectivity index (χ2n) is 16.0. The van der Waals surface area contributed by atoms with Crippen molar-refractivity contribution in [3.63, 3.8) is 0 Å². The highest BCUT2D eigenvalue weighted by atomic mass is 16.5. The number of hydrogen-bond acceptors (Lipinski definition) is 2. The van der Waals surface area contributed by atoms with Crippen molar-refractivity contribution in [2.75, 3.05) is 0 Å². The Morgan fingerprint density at radius 2 is 1.57 bits per heavy atom. The van der Waals surface area contributed by atoms with Crippen LogP contribution in [0.5, 0.6) is 0 Å². The molecule has 0 radical (unpaired) electrons. The molecule has 3 fully saturated rings. The van der Waals surface area contributed by atoms with Gasteiger partial charge in [0.15, 0.2) is 0 Å². The van der Waals surface area contributed by atoms with Crippen LogP contribution in [0.4, 0.5) is 0 Å². The van der Waals surface area contributed by atoms with Gasteiger partial charge >= 0.3 is 5.97 Å². The Hall–Kier alpha value is -2.35. The molecule has 0 amide bonds. The van der Waals surface area contributed by atoms with Crippen LogP contribution in [-0.2, 0) is 9.53 Å². The van der Waals surface area contributed by atoms with E-state index in [2.05, 4.69) is 91.0 Å². The summed E-state index contributed by atoms with van der Waals surface area (Å²) in [6.45, 7) is 16.9. The molecule has 0 heterocycles. The standard InChI is InChI=1S/C44H66O2/c1-8-9-10-11-12-13-14-15-16-17-18-19-20-21-42(45)46-37-28-30-43(6)36(32-37)24-25-38-40-27-26-39(44(40,7)31-29-41(38)43)35(5)23-22-34(4)33(2)3/h9-18,22-24,33-35,37-41H,8,19-21,25-32H2,1-7H3/b10-9+,12-11+,14-13-,16-15-,18-17+,23-22+. The van der Waals surface area contributed by atoms with Gasteiger partial charge in [-0.3, -0.25) is 4.79 Å². The Balaban J connectivity index is 1.23. The lowest BCUT2D eigenvalue weighted by Crippen LogP contribution is -2.51. The van der Waals surface area contributed by atoms with Crippen LogP contribution < -0.4 is 0 Å². The molecule has 4 rings (SSSR count). The Kier molecular flexibility index (Phi) is 13.6. The maximum atomic E-state index is 12.7. The predicted octanol–water partition coefficient (Wildman–Crippen LogP) is 12.3. The average Bonchev–Trinajstić information content (AvgIpc) is 3.39. The van der Waals surface area contributed by atoms with Crippen molar-refractivity contribution in [1.29, 1.82) is 0 Å². The number of rotatable bonds is 14. The summed E-state index contributed by atoms with van der Waals surface area (Å²) in [6, 6.07) is 0. The van der Waals surface area contributed by atoms with E-state index < -0.39 is 0 Å². The molecule has 4 aliphatic rings. The van der Waals surface area contributed by atoms with Gasteiger partial charge in [-0.05, 0) is 116 Å². The minimum atomic E-state index is -0.0185. The van der Waals surface area contributed by atoms with Crippen molar-refractivity contribution in [3.8, 4) is 0 Å². The normalized spacial score (nSPS) is 34.6. The molecule has 2 heteroatoms. The lowest BCUT2D eigenvalue weighted by atomic mass is 9.47. The van der Waals surface area contributed by atoms with E-state index in [1.165, 1.54) is 38.5 Å². The first-order valence-electron chi connectivity index (χ1n) is 19.0. The molecule has 9 atom stereocenters. The van der Waals surface area contributed by atoms with Crippen molar-refractivity contribution in [2.45, 2.75) is 132 Å². The van der Waals surface area contributed by atoms with Gasteiger partial charge in [0.1, 0.15) is 6.10 Å². The van der Waals surface area contributed by atoms with Gasteiger partial charge in [0.2, 0.25) is 0 Å². The fourth-order valence-corrected chi connectivity index (χ4v) is 9.72.